The molecule has 0 aliphatic rings. The zero-order chi connectivity index (χ0) is 47.2. The number of unbranched alkanes of at least 4 members (excludes halogenated alkanes) is 40. The van der Waals surface area contributed by atoms with Gasteiger partial charge in [-0.15, -0.1) is 0 Å². The van der Waals surface area contributed by atoms with E-state index in [1.54, 1.807) is 0 Å². The molecule has 5 nitrogen and oxygen atoms in total. The van der Waals surface area contributed by atoms with Gasteiger partial charge in [0.1, 0.15) is 6.10 Å². The van der Waals surface area contributed by atoms with Crippen molar-refractivity contribution in [1.29, 1.82) is 0 Å². The van der Waals surface area contributed by atoms with E-state index in [4.69, 9.17) is 0 Å². The van der Waals surface area contributed by atoms with Crippen LogP contribution in [0.1, 0.15) is 316 Å². The average molecular weight is 915 g/mol. The molecule has 0 heterocycles. The summed E-state index contributed by atoms with van der Waals surface area (Å²) in [5.74, 6) is -0.151. The smallest absolute Gasteiger partial charge is 0.220 e. The largest absolute Gasteiger partial charge is 0.394 e. The summed E-state index contributed by atoms with van der Waals surface area (Å²) in [7, 11) is 0. The van der Waals surface area contributed by atoms with Crippen molar-refractivity contribution in [1.82, 2.24) is 5.32 Å². The molecule has 384 valence electrons. The predicted octanol–water partition coefficient (Wildman–Crippen LogP) is 18.2. The van der Waals surface area contributed by atoms with Crippen LogP contribution in [0.3, 0.4) is 0 Å². The van der Waals surface area contributed by atoms with E-state index in [1.807, 2.05) is 0 Å². The van der Waals surface area contributed by atoms with Gasteiger partial charge in [0.25, 0.3) is 0 Å². The normalized spacial score (nSPS) is 13.5. The molecule has 1 amide bonds. The second-order valence-electron chi connectivity index (χ2n) is 20.2. The molecular formula is C60H115NO4. The van der Waals surface area contributed by atoms with Gasteiger partial charge in [-0.05, 0) is 70.6 Å². The van der Waals surface area contributed by atoms with Crippen LogP contribution in [0.5, 0.6) is 0 Å². The summed E-state index contributed by atoms with van der Waals surface area (Å²) in [6, 6.07) is -0.825. The first-order valence-electron chi connectivity index (χ1n) is 29.3. The maximum atomic E-state index is 12.5. The van der Waals surface area contributed by atoms with Crippen LogP contribution in [0.4, 0.5) is 0 Å². The fraction of sp³-hybridized carbons (Fsp3) is 0.883. The van der Waals surface area contributed by atoms with Gasteiger partial charge in [0.05, 0.1) is 18.8 Å². The topological polar surface area (TPSA) is 89.8 Å². The summed E-state index contributed by atoms with van der Waals surface area (Å²) in [5, 5.41) is 33.6. The van der Waals surface area contributed by atoms with Crippen LogP contribution in [-0.4, -0.2) is 46.1 Å². The number of carbonyl (C=O) groups excluding carboxylic acids is 1. The van der Waals surface area contributed by atoms with Crippen LogP contribution in [0.25, 0.3) is 0 Å². The summed E-state index contributed by atoms with van der Waals surface area (Å²) in [5.41, 5.74) is 0. The number of allylic oxidation sites excluding steroid dienone is 6. The molecule has 4 N–H and O–H groups in total. The van der Waals surface area contributed by atoms with Crippen molar-refractivity contribution in [2.75, 3.05) is 6.61 Å². The minimum absolute atomic E-state index is 0.151. The van der Waals surface area contributed by atoms with Crippen molar-refractivity contribution in [3.8, 4) is 0 Å². The molecule has 0 aliphatic carbocycles. The lowest BCUT2D eigenvalue weighted by molar-refractivity contribution is -0.124. The van der Waals surface area contributed by atoms with Crippen molar-refractivity contribution < 1.29 is 20.1 Å². The number of aliphatic hydroxyl groups excluding tert-OH is 3. The summed E-state index contributed by atoms with van der Waals surface area (Å²) in [4.78, 5) is 12.5. The van der Waals surface area contributed by atoms with Gasteiger partial charge in [0.15, 0.2) is 0 Å². The molecule has 65 heavy (non-hydrogen) atoms. The SMILES string of the molecule is CCCCCCCCCCC/C=C/CCCC(O)C(O)C(CO)NC(=O)CCCCCCCCCCCCCCCCCCC/C=C\C/C=C\CCCCCCCCCCCCCCC. The molecule has 3 atom stereocenters. The zero-order valence-corrected chi connectivity index (χ0v) is 43.9. The predicted molar refractivity (Wildman–Crippen MR) is 287 cm³/mol. The van der Waals surface area contributed by atoms with Gasteiger partial charge in [0, 0.05) is 6.42 Å². The standard InChI is InChI=1S/C60H115NO4/c1-3-5-7-9-11-13-15-17-19-20-21-22-23-24-25-26-27-28-29-30-31-32-33-34-35-36-37-38-39-40-41-43-45-47-49-51-53-55-59(64)61-57(56-62)60(65)58(63)54-52-50-48-46-44-42-18-16-14-12-10-8-6-4-2/h25-26,28-29,46,48,57-58,60,62-63,65H,3-24,27,30-45,47,49-56H2,1-2H3,(H,61,64)/b26-25-,29-28-,48-46+. The molecule has 0 rings (SSSR count). The van der Waals surface area contributed by atoms with E-state index < -0.39 is 18.2 Å². The molecular weight excluding hydrogens is 799 g/mol. The molecule has 0 radical (unpaired) electrons. The Morgan fingerprint density at radius 3 is 0.985 bits per heavy atom. The van der Waals surface area contributed by atoms with Crippen LogP contribution in [0.2, 0.25) is 0 Å². The van der Waals surface area contributed by atoms with E-state index in [-0.39, 0.29) is 12.5 Å². The van der Waals surface area contributed by atoms with Crippen LogP contribution < -0.4 is 5.32 Å². The van der Waals surface area contributed by atoms with Gasteiger partial charge >= 0.3 is 0 Å². The second-order valence-corrected chi connectivity index (χ2v) is 20.2. The highest BCUT2D eigenvalue weighted by molar-refractivity contribution is 5.76. The molecule has 0 fully saturated rings. The highest BCUT2D eigenvalue weighted by Crippen LogP contribution is 2.17. The Bertz CT molecular complexity index is 1010. The van der Waals surface area contributed by atoms with Gasteiger partial charge in [-0.25, -0.2) is 0 Å². The van der Waals surface area contributed by atoms with Crippen LogP contribution >= 0.6 is 0 Å². The Kier molecular flexibility index (Phi) is 54.0. The lowest BCUT2D eigenvalue weighted by atomic mass is 10.0. The maximum absolute atomic E-state index is 12.5. The number of carbonyl (C=O) groups is 1. The molecule has 3 unspecified atom stereocenters. The number of aliphatic hydroxyl groups is 3. The molecule has 0 saturated carbocycles. The van der Waals surface area contributed by atoms with Gasteiger partial charge in [-0.2, -0.15) is 0 Å². The van der Waals surface area contributed by atoms with Crippen molar-refractivity contribution in [2.24, 2.45) is 0 Å². The van der Waals surface area contributed by atoms with Gasteiger partial charge < -0.3 is 20.6 Å². The third-order valence-corrected chi connectivity index (χ3v) is 13.7. The molecule has 0 spiro atoms. The lowest BCUT2D eigenvalue weighted by Crippen LogP contribution is -2.50. The van der Waals surface area contributed by atoms with Crippen molar-refractivity contribution in [3.05, 3.63) is 36.5 Å². The van der Waals surface area contributed by atoms with Crippen molar-refractivity contribution >= 4 is 5.91 Å². The number of rotatable bonds is 54. The highest BCUT2D eigenvalue weighted by Gasteiger charge is 2.26. The Morgan fingerprint density at radius 1 is 0.385 bits per heavy atom. The van der Waals surface area contributed by atoms with E-state index >= 15 is 0 Å². The van der Waals surface area contributed by atoms with Crippen LogP contribution in [-0.2, 0) is 4.79 Å². The first kappa shape index (κ1) is 63.6. The quantitative estimate of drug-likeness (QED) is 0.0361. The minimum atomic E-state index is -1.16. The molecule has 0 aromatic rings. The average Bonchev–Trinajstić information content (AvgIpc) is 3.31. The summed E-state index contributed by atoms with van der Waals surface area (Å²) in [6.07, 6.45) is 71.8. The maximum Gasteiger partial charge on any atom is 0.220 e. The molecule has 0 saturated heterocycles. The molecule has 0 bridgehead atoms. The third kappa shape index (κ3) is 50.3. The van der Waals surface area contributed by atoms with E-state index in [0.717, 1.165) is 44.9 Å². The second kappa shape index (κ2) is 55.2. The Hall–Kier alpha value is -1.43. The van der Waals surface area contributed by atoms with Crippen LogP contribution in [0.15, 0.2) is 36.5 Å². The van der Waals surface area contributed by atoms with E-state index in [2.05, 4.69) is 55.6 Å². The number of nitrogens with one attached hydrogen (secondary N) is 1. The van der Waals surface area contributed by atoms with E-state index in [9.17, 15) is 20.1 Å². The first-order valence-corrected chi connectivity index (χ1v) is 29.3. The third-order valence-electron chi connectivity index (χ3n) is 13.7. The van der Waals surface area contributed by atoms with Gasteiger partial charge in [-0.1, -0.05) is 275 Å². The number of amides is 1. The Balaban J connectivity index is 3.48. The summed E-state index contributed by atoms with van der Waals surface area (Å²) in [6.45, 7) is 4.19. The molecule has 0 aromatic heterocycles. The monoisotopic (exact) mass is 914 g/mol. The van der Waals surface area contributed by atoms with Gasteiger partial charge in [-0.3, -0.25) is 4.79 Å². The Labute approximate surface area is 406 Å². The van der Waals surface area contributed by atoms with Gasteiger partial charge in [0.2, 0.25) is 5.91 Å². The molecule has 0 aliphatic heterocycles. The number of hydrogen-bond acceptors (Lipinski definition) is 4. The fourth-order valence-corrected chi connectivity index (χ4v) is 9.20. The lowest BCUT2D eigenvalue weighted by Gasteiger charge is -2.26. The van der Waals surface area contributed by atoms with E-state index in [0.29, 0.717) is 12.8 Å². The van der Waals surface area contributed by atoms with E-state index in [1.165, 1.54) is 244 Å². The highest BCUT2D eigenvalue weighted by atomic mass is 16.3. The summed E-state index contributed by atoms with van der Waals surface area (Å²) >= 11 is 0. The van der Waals surface area contributed by atoms with Crippen molar-refractivity contribution in [2.45, 2.75) is 334 Å². The summed E-state index contributed by atoms with van der Waals surface area (Å²) < 4.78 is 0. The van der Waals surface area contributed by atoms with Crippen molar-refractivity contribution in [3.63, 3.8) is 0 Å². The Morgan fingerprint density at radius 2 is 0.662 bits per heavy atom. The number of hydrogen-bond donors (Lipinski definition) is 4. The molecule has 0 aromatic carbocycles. The molecule has 5 heteroatoms. The van der Waals surface area contributed by atoms with Crippen LogP contribution in [0, 0.1) is 0 Å². The minimum Gasteiger partial charge on any atom is -0.394 e. The fourth-order valence-electron chi connectivity index (χ4n) is 9.20. The first-order chi connectivity index (χ1) is 32.1. The zero-order valence-electron chi connectivity index (χ0n) is 43.9.